The minimum Gasteiger partial charge on any atom is -0.342 e. The molecule has 0 saturated carbocycles. The first-order valence-corrected chi connectivity index (χ1v) is 11.9. The summed E-state index contributed by atoms with van der Waals surface area (Å²) in [5, 5.41) is 3.12. The molecule has 0 aliphatic heterocycles. The first kappa shape index (κ1) is 22.5. The summed E-state index contributed by atoms with van der Waals surface area (Å²) in [6, 6.07) is 15.5. The van der Waals surface area contributed by atoms with Crippen LogP contribution in [0, 0.1) is 0 Å². The fraction of sp³-hybridized carbons (Fsp3) is 0.440. The number of benzene rings is 2. The predicted molar refractivity (Wildman–Crippen MR) is 128 cm³/mol. The Morgan fingerprint density at radius 2 is 1.67 bits per heavy atom. The third-order valence-corrected chi connectivity index (χ3v) is 6.04. The van der Waals surface area contributed by atoms with E-state index in [1.165, 1.54) is 38.5 Å². The maximum atomic E-state index is 12.7. The Morgan fingerprint density at radius 1 is 1.00 bits per heavy atom. The zero-order chi connectivity index (χ0) is 21.3. The van der Waals surface area contributed by atoms with Crippen LogP contribution in [-0.2, 0) is 6.54 Å². The molecule has 5 heteroatoms. The number of nitrogens with zero attached hydrogens (tertiary/aromatic N) is 2. The maximum absolute atomic E-state index is 12.7. The van der Waals surface area contributed by atoms with Crippen LogP contribution in [0.25, 0.3) is 11.0 Å². The van der Waals surface area contributed by atoms with E-state index in [9.17, 15) is 4.79 Å². The highest BCUT2D eigenvalue weighted by atomic mass is 79.9. The molecule has 3 aromatic rings. The summed E-state index contributed by atoms with van der Waals surface area (Å²) in [4.78, 5) is 17.5. The number of carbonyl (C=O) groups excluding carboxylic acids is 1. The van der Waals surface area contributed by atoms with Crippen molar-refractivity contribution in [2.45, 2.75) is 71.4 Å². The molecule has 1 amide bonds. The van der Waals surface area contributed by atoms with Gasteiger partial charge in [-0.15, -0.1) is 0 Å². The summed E-state index contributed by atoms with van der Waals surface area (Å²) >= 11 is 3.41. The number of para-hydroxylation sites is 2. The molecule has 2 aromatic carbocycles. The molecule has 1 atom stereocenters. The van der Waals surface area contributed by atoms with E-state index in [-0.39, 0.29) is 11.9 Å². The standard InChI is InChI=1S/C25H32BrN3O/c1-3-4-5-6-7-8-11-18-29-23-13-10-9-12-22(23)28-24(29)19(2)27-25(30)20-14-16-21(26)17-15-20/h9-10,12-17,19H,3-8,11,18H2,1-2H3,(H,27,30). The van der Waals surface area contributed by atoms with Crippen molar-refractivity contribution < 1.29 is 4.79 Å². The topological polar surface area (TPSA) is 46.9 Å². The van der Waals surface area contributed by atoms with Crippen molar-refractivity contribution in [3.05, 3.63) is 64.4 Å². The molecule has 30 heavy (non-hydrogen) atoms. The van der Waals surface area contributed by atoms with Crippen LogP contribution in [-0.4, -0.2) is 15.5 Å². The Morgan fingerprint density at radius 3 is 2.40 bits per heavy atom. The monoisotopic (exact) mass is 469 g/mol. The Balaban J connectivity index is 1.68. The van der Waals surface area contributed by atoms with Gasteiger partial charge in [0.1, 0.15) is 5.82 Å². The van der Waals surface area contributed by atoms with E-state index in [1.807, 2.05) is 43.3 Å². The van der Waals surface area contributed by atoms with Crippen LogP contribution < -0.4 is 5.32 Å². The minimum absolute atomic E-state index is 0.0791. The van der Waals surface area contributed by atoms with Crippen LogP contribution in [0.5, 0.6) is 0 Å². The van der Waals surface area contributed by atoms with Crippen molar-refractivity contribution in [2.24, 2.45) is 0 Å². The molecule has 0 saturated heterocycles. The highest BCUT2D eigenvalue weighted by Gasteiger charge is 2.19. The predicted octanol–water partition coefficient (Wildman–Crippen LogP) is 7.04. The van der Waals surface area contributed by atoms with Gasteiger partial charge in [0.15, 0.2) is 0 Å². The van der Waals surface area contributed by atoms with E-state index in [0.717, 1.165) is 34.3 Å². The third-order valence-electron chi connectivity index (χ3n) is 5.51. The summed E-state index contributed by atoms with van der Waals surface area (Å²) in [6.07, 6.45) is 8.94. The Hall–Kier alpha value is -2.14. The van der Waals surface area contributed by atoms with E-state index in [0.29, 0.717) is 5.56 Å². The molecule has 0 spiro atoms. The van der Waals surface area contributed by atoms with Gasteiger partial charge in [-0.1, -0.05) is 73.5 Å². The second-order valence-electron chi connectivity index (χ2n) is 7.93. The lowest BCUT2D eigenvalue weighted by atomic mass is 10.1. The number of unbranched alkanes of at least 4 members (excludes halogenated alkanes) is 6. The highest BCUT2D eigenvalue weighted by Crippen LogP contribution is 2.22. The second kappa shape index (κ2) is 11.3. The first-order valence-electron chi connectivity index (χ1n) is 11.1. The molecule has 1 heterocycles. The second-order valence-corrected chi connectivity index (χ2v) is 8.85. The lowest BCUT2D eigenvalue weighted by Crippen LogP contribution is -2.28. The maximum Gasteiger partial charge on any atom is 0.251 e. The van der Waals surface area contributed by atoms with Gasteiger partial charge in [-0.3, -0.25) is 4.79 Å². The smallest absolute Gasteiger partial charge is 0.251 e. The number of amides is 1. The number of carbonyl (C=O) groups is 1. The largest absolute Gasteiger partial charge is 0.342 e. The van der Waals surface area contributed by atoms with Gasteiger partial charge in [-0.05, 0) is 49.7 Å². The van der Waals surface area contributed by atoms with E-state index in [2.05, 4.69) is 44.9 Å². The molecule has 160 valence electrons. The van der Waals surface area contributed by atoms with Gasteiger partial charge in [0.2, 0.25) is 0 Å². The number of fused-ring (bicyclic) bond motifs is 1. The van der Waals surface area contributed by atoms with Crippen LogP contribution in [0.2, 0.25) is 0 Å². The number of aromatic nitrogens is 2. The number of rotatable bonds is 11. The Labute approximate surface area is 188 Å². The van der Waals surface area contributed by atoms with Gasteiger partial charge in [0.25, 0.3) is 5.91 Å². The summed E-state index contributed by atoms with van der Waals surface area (Å²) in [7, 11) is 0. The molecule has 4 nitrogen and oxygen atoms in total. The lowest BCUT2D eigenvalue weighted by Gasteiger charge is -2.16. The number of hydrogen-bond acceptors (Lipinski definition) is 2. The molecule has 0 aliphatic carbocycles. The fourth-order valence-electron chi connectivity index (χ4n) is 3.83. The van der Waals surface area contributed by atoms with E-state index < -0.39 is 0 Å². The van der Waals surface area contributed by atoms with E-state index >= 15 is 0 Å². The van der Waals surface area contributed by atoms with Crippen LogP contribution in [0.4, 0.5) is 0 Å². The van der Waals surface area contributed by atoms with Gasteiger partial charge >= 0.3 is 0 Å². The van der Waals surface area contributed by atoms with Crippen molar-refractivity contribution >= 4 is 32.9 Å². The molecule has 0 bridgehead atoms. The van der Waals surface area contributed by atoms with Crippen molar-refractivity contribution in [2.75, 3.05) is 0 Å². The molecule has 1 N–H and O–H groups in total. The van der Waals surface area contributed by atoms with Crippen molar-refractivity contribution in [3.63, 3.8) is 0 Å². The van der Waals surface area contributed by atoms with E-state index in [4.69, 9.17) is 4.98 Å². The molecule has 0 aliphatic rings. The third kappa shape index (κ3) is 5.94. The van der Waals surface area contributed by atoms with Gasteiger partial charge in [-0.25, -0.2) is 4.98 Å². The summed E-state index contributed by atoms with van der Waals surface area (Å²) < 4.78 is 3.25. The average molecular weight is 470 g/mol. The fourth-order valence-corrected chi connectivity index (χ4v) is 4.10. The number of aryl methyl sites for hydroxylation is 1. The van der Waals surface area contributed by atoms with Gasteiger partial charge in [-0.2, -0.15) is 0 Å². The zero-order valence-electron chi connectivity index (χ0n) is 18.0. The minimum atomic E-state index is -0.168. The summed E-state index contributed by atoms with van der Waals surface area (Å²) in [5.41, 5.74) is 2.78. The molecule has 1 unspecified atom stereocenters. The number of nitrogens with one attached hydrogen (secondary N) is 1. The van der Waals surface area contributed by atoms with Crippen LogP contribution >= 0.6 is 15.9 Å². The number of hydrogen-bond donors (Lipinski definition) is 1. The Kier molecular flexibility index (Phi) is 8.50. The van der Waals surface area contributed by atoms with Crippen LogP contribution in [0.3, 0.4) is 0 Å². The van der Waals surface area contributed by atoms with Gasteiger partial charge < -0.3 is 9.88 Å². The quantitative estimate of drug-likeness (QED) is 0.306. The van der Waals surface area contributed by atoms with Crippen LogP contribution in [0.1, 0.15) is 81.0 Å². The molecular formula is C25H32BrN3O. The summed E-state index contributed by atoms with van der Waals surface area (Å²) in [6.45, 7) is 5.20. The lowest BCUT2D eigenvalue weighted by molar-refractivity contribution is 0.0937. The number of halogens is 1. The highest BCUT2D eigenvalue weighted by molar-refractivity contribution is 9.10. The van der Waals surface area contributed by atoms with Gasteiger partial charge in [0, 0.05) is 16.6 Å². The first-order chi connectivity index (χ1) is 14.6. The van der Waals surface area contributed by atoms with E-state index in [1.54, 1.807) is 0 Å². The van der Waals surface area contributed by atoms with Crippen molar-refractivity contribution in [1.82, 2.24) is 14.9 Å². The molecule has 3 rings (SSSR count). The summed E-state index contributed by atoms with van der Waals surface area (Å²) in [5.74, 6) is 0.845. The average Bonchev–Trinajstić information content (AvgIpc) is 3.12. The SMILES string of the molecule is CCCCCCCCCn1c(C(C)NC(=O)c2ccc(Br)cc2)nc2ccccc21. The molecule has 1 aromatic heterocycles. The van der Waals surface area contributed by atoms with Crippen molar-refractivity contribution in [1.29, 1.82) is 0 Å². The van der Waals surface area contributed by atoms with Crippen molar-refractivity contribution in [3.8, 4) is 0 Å². The van der Waals surface area contributed by atoms with Gasteiger partial charge in [0.05, 0.1) is 17.1 Å². The number of imidazole rings is 1. The normalized spacial score (nSPS) is 12.2. The van der Waals surface area contributed by atoms with Crippen LogP contribution in [0.15, 0.2) is 53.0 Å². The zero-order valence-corrected chi connectivity index (χ0v) is 19.6. The molecule has 0 radical (unpaired) electrons. The molecule has 0 fully saturated rings. The Bertz CT molecular complexity index is 949. The molecular weight excluding hydrogens is 438 g/mol.